The maximum Gasteiger partial charge on any atom is 0.262 e. The van der Waals surface area contributed by atoms with E-state index in [0.29, 0.717) is 5.75 Å². The molecule has 1 aliphatic rings. The van der Waals surface area contributed by atoms with E-state index in [2.05, 4.69) is 10.6 Å². The second-order valence-electron chi connectivity index (χ2n) is 6.50. The zero-order valence-electron chi connectivity index (χ0n) is 16.3. The van der Waals surface area contributed by atoms with E-state index in [0.717, 1.165) is 9.87 Å². The molecule has 30 heavy (non-hydrogen) atoms. The molecule has 0 bridgehead atoms. The lowest BCUT2D eigenvalue weighted by molar-refractivity contribution is -0.121. The van der Waals surface area contributed by atoms with Gasteiger partial charge in [0.1, 0.15) is 16.4 Å². The number of methoxy groups -OCH3 is 1. The number of sulfonamides is 1. The van der Waals surface area contributed by atoms with Crippen molar-refractivity contribution in [1.82, 2.24) is 9.62 Å². The monoisotopic (exact) mass is 453 g/mol. The molecule has 0 spiro atoms. The Balaban J connectivity index is 1.69. The molecule has 11 heteroatoms. The summed E-state index contributed by atoms with van der Waals surface area (Å²) >= 11 is 6.12. The Morgan fingerprint density at radius 1 is 1.33 bits per heavy atom. The lowest BCUT2D eigenvalue weighted by Gasteiger charge is -2.22. The lowest BCUT2D eigenvalue weighted by Crippen LogP contribution is -2.38. The summed E-state index contributed by atoms with van der Waals surface area (Å²) in [4.78, 5) is 23.4. The number of amides is 2. The number of rotatable bonds is 7. The Bertz CT molecular complexity index is 1090. The normalized spacial score (nSPS) is 13.3. The Morgan fingerprint density at radius 2 is 2.10 bits per heavy atom. The van der Waals surface area contributed by atoms with Crippen molar-refractivity contribution in [2.24, 2.45) is 0 Å². The van der Waals surface area contributed by atoms with Gasteiger partial charge in [0.15, 0.2) is 6.61 Å². The van der Waals surface area contributed by atoms with Gasteiger partial charge in [0, 0.05) is 19.7 Å². The number of hydrogen-bond donors (Lipinski definition) is 2. The Morgan fingerprint density at radius 3 is 2.83 bits per heavy atom. The van der Waals surface area contributed by atoms with Crippen LogP contribution in [0.1, 0.15) is 5.56 Å². The number of fused-ring (bicyclic) bond motifs is 1. The van der Waals surface area contributed by atoms with Gasteiger partial charge in [-0.25, -0.2) is 8.42 Å². The second-order valence-corrected chi connectivity index (χ2v) is 8.93. The molecule has 2 N–H and O–H groups in total. The fourth-order valence-electron chi connectivity index (χ4n) is 2.77. The van der Waals surface area contributed by atoms with Crippen LogP contribution in [0.3, 0.4) is 0 Å². The summed E-state index contributed by atoms with van der Waals surface area (Å²) in [5.74, 6) is -0.00385. The highest BCUT2D eigenvalue weighted by Gasteiger charge is 2.28. The standard InChI is InChI=1S/C19H20ClN3O6S/c1-23(10-18(24)21-9-12-4-3-5-13(6-12)28-2)30(26,27)17-8-16-15(7-14(17)20)22-19(25)11-29-16/h3-8H,9-11H2,1-2H3,(H,21,24)(H,22,25). The molecule has 2 aromatic rings. The summed E-state index contributed by atoms with van der Waals surface area (Å²) in [5.41, 5.74) is 1.10. The zero-order chi connectivity index (χ0) is 21.9. The zero-order valence-corrected chi connectivity index (χ0v) is 17.8. The minimum absolute atomic E-state index is 0.0943. The first-order valence-corrected chi connectivity index (χ1v) is 10.6. The van der Waals surface area contributed by atoms with Gasteiger partial charge in [-0.3, -0.25) is 9.59 Å². The number of benzene rings is 2. The van der Waals surface area contributed by atoms with Gasteiger partial charge < -0.3 is 20.1 Å². The van der Waals surface area contributed by atoms with E-state index >= 15 is 0 Å². The fourth-order valence-corrected chi connectivity index (χ4v) is 4.41. The predicted octanol–water partition coefficient (Wildman–Crippen LogP) is 1.62. The average Bonchev–Trinajstić information content (AvgIpc) is 2.71. The summed E-state index contributed by atoms with van der Waals surface area (Å²) in [6, 6.07) is 9.69. The van der Waals surface area contributed by atoms with Crippen LogP contribution in [0.15, 0.2) is 41.3 Å². The van der Waals surface area contributed by atoms with Crippen LogP contribution >= 0.6 is 11.6 Å². The minimum Gasteiger partial charge on any atom is -0.497 e. The van der Waals surface area contributed by atoms with E-state index in [1.54, 1.807) is 25.3 Å². The molecule has 1 aliphatic heterocycles. The van der Waals surface area contributed by atoms with E-state index in [9.17, 15) is 18.0 Å². The Hall–Kier alpha value is -2.82. The lowest BCUT2D eigenvalue weighted by atomic mass is 10.2. The summed E-state index contributed by atoms with van der Waals surface area (Å²) in [7, 11) is -1.26. The summed E-state index contributed by atoms with van der Waals surface area (Å²) in [6.45, 7) is -0.412. The molecule has 1 heterocycles. The molecule has 2 aromatic carbocycles. The van der Waals surface area contributed by atoms with Gasteiger partial charge in [-0.2, -0.15) is 4.31 Å². The molecular weight excluding hydrogens is 434 g/mol. The maximum absolute atomic E-state index is 12.9. The number of anilines is 1. The van der Waals surface area contributed by atoms with Crippen molar-refractivity contribution in [1.29, 1.82) is 0 Å². The highest BCUT2D eigenvalue weighted by molar-refractivity contribution is 7.89. The molecule has 9 nitrogen and oxygen atoms in total. The molecular formula is C19H20ClN3O6S. The van der Waals surface area contributed by atoms with Gasteiger partial charge in [-0.05, 0) is 23.8 Å². The molecule has 0 radical (unpaired) electrons. The van der Waals surface area contributed by atoms with Gasteiger partial charge in [-0.15, -0.1) is 0 Å². The van der Waals surface area contributed by atoms with Crippen LogP contribution in [0.2, 0.25) is 5.02 Å². The summed E-state index contributed by atoms with van der Waals surface area (Å²) in [5, 5.41) is 5.13. The third-order valence-corrected chi connectivity index (χ3v) is 6.61. The van der Waals surface area contributed by atoms with Crippen LogP contribution in [0.25, 0.3) is 0 Å². The van der Waals surface area contributed by atoms with Crippen LogP contribution in [0, 0.1) is 0 Å². The number of ether oxygens (including phenoxy) is 2. The molecule has 0 unspecified atom stereocenters. The molecule has 0 aliphatic carbocycles. The first kappa shape index (κ1) is 21.9. The van der Waals surface area contributed by atoms with Crippen LogP contribution < -0.4 is 20.1 Å². The highest BCUT2D eigenvalue weighted by atomic mass is 35.5. The average molecular weight is 454 g/mol. The number of nitrogens with one attached hydrogen (secondary N) is 2. The van der Waals surface area contributed by atoms with Gasteiger partial charge in [0.05, 0.1) is 24.4 Å². The number of carbonyl (C=O) groups is 2. The van der Waals surface area contributed by atoms with Crippen molar-refractivity contribution >= 4 is 39.1 Å². The van der Waals surface area contributed by atoms with Gasteiger partial charge >= 0.3 is 0 Å². The molecule has 0 saturated carbocycles. The molecule has 0 fully saturated rings. The van der Waals surface area contributed by atoms with Gasteiger partial charge in [0.25, 0.3) is 5.91 Å². The van der Waals surface area contributed by atoms with E-state index in [-0.39, 0.29) is 40.4 Å². The molecule has 2 amide bonds. The third kappa shape index (κ3) is 4.84. The van der Waals surface area contributed by atoms with E-state index < -0.39 is 22.5 Å². The molecule has 160 valence electrons. The number of hydrogen-bond acceptors (Lipinski definition) is 6. The minimum atomic E-state index is -4.08. The second kappa shape index (κ2) is 8.90. The van der Waals surface area contributed by atoms with Crippen molar-refractivity contribution < 1.29 is 27.5 Å². The molecule has 3 rings (SSSR count). The first-order chi connectivity index (χ1) is 14.2. The SMILES string of the molecule is COc1cccc(CNC(=O)CN(C)S(=O)(=O)c2cc3c(cc2Cl)NC(=O)CO3)c1. The van der Waals surface area contributed by atoms with Gasteiger partial charge in [0.2, 0.25) is 15.9 Å². The van der Waals surface area contributed by atoms with Gasteiger partial charge in [-0.1, -0.05) is 23.7 Å². The van der Waals surface area contributed by atoms with E-state index in [4.69, 9.17) is 21.1 Å². The highest BCUT2D eigenvalue weighted by Crippen LogP contribution is 2.36. The smallest absolute Gasteiger partial charge is 0.262 e. The van der Waals surface area contributed by atoms with Crippen molar-refractivity contribution in [3.05, 3.63) is 47.0 Å². The van der Waals surface area contributed by atoms with Crippen molar-refractivity contribution in [2.45, 2.75) is 11.4 Å². The fraction of sp³-hybridized carbons (Fsp3) is 0.263. The molecule has 0 saturated heterocycles. The molecule has 0 atom stereocenters. The van der Waals surface area contributed by atoms with Crippen molar-refractivity contribution in [2.75, 3.05) is 32.6 Å². The Kier molecular flexibility index (Phi) is 6.49. The molecule has 0 aromatic heterocycles. The predicted molar refractivity (Wildman–Crippen MR) is 110 cm³/mol. The first-order valence-electron chi connectivity index (χ1n) is 8.83. The van der Waals surface area contributed by atoms with Crippen LogP contribution in [0.5, 0.6) is 11.5 Å². The Labute approximate surface area is 179 Å². The maximum atomic E-state index is 12.9. The van der Waals surface area contributed by atoms with E-state index in [1.165, 1.54) is 19.2 Å². The summed E-state index contributed by atoms with van der Waals surface area (Å²) < 4.78 is 37.1. The number of halogens is 1. The topological polar surface area (TPSA) is 114 Å². The quantitative estimate of drug-likeness (QED) is 0.658. The van der Waals surface area contributed by atoms with Crippen LogP contribution in [-0.4, -0.2) is 51.8 Å². The number of nitrogens with zero attached hydrogens (tertiary/aromatic N) is 1. The third-order valence-electron chi connectivity index (χ3n) is 4.35. The van der Waals surface area contributed by atoms with Crippen LogP contribution in [-0.2, 0) is 26.2 Å². The van der Waals surface area contributed by atoms with E-state index in [1.807, 2.05) is 6.07 Å². The van der Waals surface area contributed by atoms with Crippen molar-refractivity contribution in [3.8, 4) is 11.5 Å². The van der Waals surface area contributed by atoms with Crippen LogP contribution in [0.4, 0.5) is 5.69 Å². The number of carbonyl (C=O) groups excluding carboxylic acids is 2. The largest absolute Gasteiger partial charge is 0.497 e. The summed E-state index contributed by atoms with van der Waals surface area (Å²) in [6.07, 6.45) is 0. The van der Waals surface area contributed by atoms with Crippen molar-refractivity contribution in [3.63, 3.8) is 0 Å². The number of likely N-dealkylation sites (N-methyl/N-ethyl adjacent to an activating group) is 1.